The number of carbonyl (C=O) groups is 2. The van der Waals surface area contributed by atoms with Crippen LogP contribution in [0.15, 0.2) is 21.5 Å². The van der Waals surface area contributed by atoms with Gasteiger partial charge in [0.25, 0.3) is 11.1 Å². The third kappa shape index (κ3) is 2.63. The molecule has 2 amide bonds. The lowest BCUT2D eigenvalue weighted by atomic mass is 10.3. The van der Waals surface area contributed by atoms with Gasteiger partial charge in [0, 0.05) is 20.3 Å². The summed E-state index contributed by atoms with van der Waals surface area (Å²) in [5.74, 6) is 0.524. The number of carbonyl (C=O) groups excluding carboxylic acids is 2. The van der Waals surface area contributed by atoms with Crippen molar-refractivity contribution >= 4 is 29.0 Å². The van der Waals surface area contributed by atoms with Crippen molar-refractivity contribution in [2.45, 2.75) is 6.29 Å². The normalized spacial score (nSPS) is 17.8. The molecule has 0 aliphatic carbocycles. The number of rotatable bonds is 4. The molecule has 18 heavy (non-hydrogen) atoms. The van der Waals surface area contributed by atoms with Gasteiger partial charge in [0.2, 0.25) is 6.29 Å². The first kappa shape index (κ1) is 12.9. The highest BCUT2D eigenvalue weighted by Crippen LogP contribution is 2.27. The highest BCUT2D eigenvalue weighted by Gasteiger charge is 2.25. The number of nitrogens with one attached hydrogen (secondary N) is 1. The summed E-state index contributed by atoms with van der Waals surface area (Å²) in [6, 6.07) is 3.35. The highest BCUT2D eigenvalue weighted by molar-refractivity contribution is 8.18. The maximum atomic E-state index is 11.3. The van der Waals surface area contributed by atoms with E-state index in [-0.39, 0.29) is 5.24 Å². The Hall–Kier alpha value is -1.57. The van der Waals surface area contributed by atoms with E-state index in [1.165, 1.54) is 20.3 Å². The van der Waals surface area contributed by atoms with Gasteiger partial charge < -0.3 is 13.9 Å². The molecule has 0 spiro atoms. The Morgan fingerprint density at radius 1 is 1.33 bits per heavy atom. The molecule has 0 bridgehead atoms. The molecule has 0 atom stereocenters. The van der Waals surface area contributed by atoms with E-state index in [0.29, 0.717) is 16.4 Å². The fourth-order valence-corrected chi connectivity index (χ4v) is 2.11. The topological polar surface area (TPSA) is 77.8 Å². The van der Waals surface area contributed by atoms with E-state index in [2.05, 4.69) is 5.32 Å². The van der Waals surface area contributed by atoms with Crippen molar-refractivity contribution in [1.82, 2.24) is 5.32 Å². The Labute approximate surface area is 107 Å². The summed E-state index contributed by atoms with van der Waals surface area (Å²) in [6.07, 6.45) is 0.903. The molecule has 1 N–H and O–H groups in total. The van der Waals surface area contributed by atoms with Crippen LogP contribution in [0, 0.1) is 0 Å². The summed E-state index contributed by atoms with van der Waals surface area (Å²) in [5.41, 5.74) is 0. The van der Waals surface area contributed by atoms with Crippen LogP contribution in [0.3, 0.4) is 0 Å². The molecule has 96 valence electrons. The minimum Gasteiger partial charge on any atom is -0.456 e. The van der Waals surface area contributed by atoms with E-state index in [1.54, 1.807) is 12.1 Å². The number of ether oxygens (including phenoxy) is 2. The van der Waals surface area contributed by atoms with Gasteiger partial charge in [-0.1, -0.05) is 0 Å². The molecule has 0 radical (unpaired) electrons. The molecule has 0 saturated carbocycles. The highest BCUT2D eigenvalue weighted by atomic mass is 32.2. The monoisotopic (exact) mass is 269 g/mol. The van der Waals surface area contributed by atoms with Crippen LogP contribution >= 0.6 is 11.8 Å². The minimum absolute atomic E-state index is 0.298. The van der Waals surface area contributed by atoms with Gasteiger partial charge >= 0.3 is 0 Å². The molecule has 6 nitrogen and oxygen atoms in total. The predicted molar refractivity (Wildman–Crippen MR) is 64.6 cm³/mol. The molecule has 1 fully saturated rings. The van der Waals surface area contributed by atoms with Crippen LogP contribution in [0.4, 0.5) is 4.79 Å². The van der Waals surface area contributed by atoms with Crippen molar-refractivity contribution in [3.05, 3.63) is 28.6 Å². The Morgan fingerprint density at radius 2 is 2.06 bits per heavy atom. The maximum Gasteiger partial charge on any atom is 0.290 e. The first-order chi connectivity index (χ1) is 8.63. The first-order valence-electron chi connectivity index (χ1n) is 5.04. The number of thioether (sulfide) groups is 1. The summed E-state index contributed by atoms with van der Waals surface area (Å²) < 4.78 is 15.5. The van der Waals surface area contributed by atoms with Crippen LogP contribution in [0.5, 0.6) is 0 Å². The number of amides is 2. The van der Waals surface area contributed by atoms with E-state index in [0.717, 1.165) is 11.8 Å². The average Bonchev–Trinajstić information content (AvgIpc) is 2.89. The Bertz CT molecular complexity index is 503. The van der Waals surface area contributed by atoms with E-state index >= 15 is 0 Å². The minimum atomic E-state index is -0.594. The van der Waals surface area contributed by atoms with Gasteiger partial charge in [-0.25, -0.2) is 0 Å². The molecule has 1 saturated heterocycles. The Balaban J connectivity index is 2.18. The maximum absolute atomic E-state index is 11.3. The van der Waals surface area contributed by atoms with Crippen molar-refractivity contribution in [3.8, 4) is 0 Å². The third-order valence-corrected chi connectivity index (χ3v) is 3.03. The van der Waals surface area contributed by atoms with Gasteiger partial charge in [0.15, 0.2) is 5.76 Å². The van der Waals surface area contributed by atoms with E-state index in [4.69, 9.17) is 13.9 Å². The summed E-state index contributed by atoms with van der Waals surface area (Å²) in [7, 11) is 2.99. The van der Waals surface area contributed by atoms with Crippen LogP contribution < -0.4 is 5.32 Å². The quantitative estimate of drug-likeness (QED) is 0.664. The van der Waals surface area contributed by atoms with Gasteiger partial charge in [-0.2, -0.15) is 0 Å². The lowest BCUT2D eigenvalue weighted by molar-refractivity contribution is -0.117. The molecule has 1 aliphatic rings. The lowest BCUT2D eigenvalue weighted by Crippen LogP contribution is -2.17. The Kier molecular flexibility index (Phi) is 3.85. The van der Waals surface area contributed by atoms with Gasteiger partial charge in [-0.15, -0.1) is 0 Å². The molecule has 0 unspecified atom stereocenters. The molecule has 1 aromatic heterocycles. The van der Waals surface area contributed by atoms with Crippen molar-refractivity contribution in [2.24, 2.45) is 0 Å². The zero-order chi connectivity index (χ0) is 13.1. The molecule has 7 heteroatoms. The molecular weight excluding hydrogens is 258 g/mol. The zero-order valence-corrected chi connectivity index (χ0v) is 10.6. The summed E-state index contributed by atoms with van der Waals surface area (Å²) >= 11 is 0.837. The molecular formula is C11H11NO5S. The van der Waals surface area contributed by atoms with Crippen molar-refractivity contribution in [2.75, 3.05) is 14.2 Å². The van der Waals surface area contributed by atoms with E-state index < -0.39 is 12.2 Å². The van der Waals surface area contributed by atoms with Crippen LogP contribution in [-0.2, 0) is 14.3 Å². The molecule has 1 aliphatic heterocycles. The second-order valence-corrected chi connectivity index (χ2v) is 4.41. The molecule has 0 aromatic carbocycles. The van der Waals surface area contributed by atoms with Crippen molar-refractivity contribution in [1.29, 1.82) is 0 Å². The van der Waals surface area contributed by atoms with Crippen LogP contribution in [-0.4, -0.2) is 25.4 Å². The molecule has 1 aromatic rings. The zero-order valence-electron chi connectivity index (χ0n) is 9.76. The van der Waals surface area contributed by atoms with Crippen molar-refractivity contribution in [3.63, 3.8) is 0 Å². The van der Waals surface area contributed by atoms with Crippen molar-refractivity contribution < 1.29 is 23.5 Å². The number of furan rings is 1. The van der Waals surface area contributed by atoms with Gasteiger partial charge in [0.05, 0.1) is 4.91 Å². The number of hydrogen-bond acceptors (Lipinski definition) is 6. The van der Waals surface area contributed by atoms with Gasteiger partial charge in [-0.05, 0) is 23.9 Å². The van der Waals surface area contributed by atoms with E-state index in [9.17, 15) is 9.59 Å². The summed E-state index contributed by atoms with van der Waals surface area (Å²) in [5, 5.41) is 1.78. The Morgan fingerprint density at radius 3 is 2.61 bits per heavy atom. The molecule has 2 rings (SSSR count). The van der Waals surface area contributed by atoms with Gasteiger partial charge in [0.1, 0.15) is 5.76 Å². The fraction of sp³-hybridized carbons (Fsp3) is 0.273. The van der Waals surface area contributed by atoms with Crippen LogP contribution in [0.1, 0.15) is 17.8 Å². The van der Waals surface area contributed by atoms with E-state index in [1.807, 2.05) is 0 Å². The average molecular weight is 269 g/mol. The lowest BCUT2D eigenvalue weighted by Gasteiger charge is -2.09. The standard InChI is InChI=1S/C11H11NO5S/c1-15-10(16-2)7-4-3-6(17-7)5-8-9(13)12-11(14)18-8/h3-5,10H,1-2H3,(H,12,13,14). The number of methoxy groups -OCH3 is 2. The second kappa shape index (κ2) is 5.38. The van der Waals surface area contributed by atoms with Crippen LogP contribution in [0.25, 0.3) is 6.08 Å². The van der Waals surface area contributed by atoms with Gasteiger partial charge in [-0.3, -0.25) is 14.9 Å². The number of imide groups is 1. The third-order valence-electron chi connectivity index (χ3n) is 2.22. The fourth-order valence-electron chi connectivity index (χ4n) is 1.45. The van der Waals surface area contributed by atoms with Crippen LogP contribution in [0.2, 0.25) is 0 Å². The smallest absolute Gasteiger partial charge is 0.290 e. The summed E-state index contributed by atoms with van der Waals surface area (Å²) in [6.45, 7) is 0. The second-order valence-electron chi connectivity index (χ2n) is 3.40. The number of hydrogen-bond donors (Lipinski definition) is 1. The largest absolute Gasteiger partial charge is 0.456 e. The SMILES string of the molecule is COC(OC)c1ccc(C=C2SC(=O)NC2=O)o1. The first-order valence-corrected chi connectivity index (χ1v) is 5.86. The predicted octanol–water partition coefficient (Wildman–Crippen LogP) is 1.89. The molecule has 2 heterocycles. The summed E-state index contributed by atoms with van der Waals surface area (Å²) in [4.78, 5) is 22.6.